The summed E-state index contributed by atoms with van der Waals surface area (Å²) in [5.41, 5.74) is 1.69. The lowest BCUT2D eigenvalue weighted by Crippen LogP contribution is -2.46. The number of amides is 1. The molecule has 3 rings (SSSR count). The number of rotatable bonds is 7. The molecule has 1 N–H and O–H groups in total. The second-order valence-corrected chi connectivity index (χ2v) is 9.16. The summed E-state index contributed by atoms with van der Waals surface area (Å²) in [7, 11) is 3.59. The molecule has 0 unspecified atom stereocenters. The molecule has 1 aromatic heterocycles. The van der Waals surface area contributed by atoms with Crippen molar-refractivity contribution in [2.75, 3.05) is 20.2 Å². The van der Waals surface area contributed by atoms with Gasteiger partial charge in [-0.05, 0) is 58.2 Å². The van der Waals surface area contributed by atoms with Gasteiger partial charge in [-0.3, -0.25) is 4.79 Å². The van der Waals surface area contributed by atoms with Gasteiger partial charge in [0.2, 0.25) is 0 Å². The first kappa shape index (κ1) is 27.0. The van der Waals surface area contributed by atoms with Gasteiger partial charge in [0.25, 0.3) is 5.91 Å². The zero-order valence-electron chi connectivity index (χ0n) is 21.0. The predicted molar refractivity (Wildman–Crippen MR) is 140 cm³/mol. The van der Waals surface area contributed by atoms with Gasteiger partial charge in [-0.1, -0.05) is 42.8 Å². The highest BCUT2D eigenvalue weighted by atomic mass is 35.5. The number of benzene rings is 1. The molecule has 0 atom stereocenters. The molecule has 0 spiro atoms. The van der Waals surface area contributed by atoms with Crippen LogP contribution in [0.25, 0.3) is 10.9 Å². The highest BCUT2D eigenvalue weighted by Crippen LogP contribution is 2.28. The fourth-order valence-corrected chi connectivity index (χ4v) is 4.12. The van der Waals surface area contributed by atoms with Crippen LogP contribution in [0.5, 0.6) is 5.75 Å². The second-order valence-electron chi connectivity index (χ2n) is 8.68. The predicted octanol–water partition coefficient (Wildman–Crippen LogP) is 6.27. The first-order chi connectivity index (χ1) is 15.8. The number of nitrogens with zero attached hydrogens (tertiary/aromatic N) is 2. The van der Waals surface area contributed by atoms with Crippen molar-refractivity contribution < 1.29 is 9.53 Å². The maximum atomic E-state index is 12.7. The molecule has 2 heterocycles. The minimum Gasteiger partial charge on any atom is -0.496 e. The number of hydrogen-bond acceptors (Lipinski definition) is 3. The zero-order valence-corrected chi connectivity index (χ0v) is 21.8. The number of ether oxygens (including phenoxy) is 1. The van der Waals surface area contributed by atoms with Crippen molar-refractivity contribution in [3.05, 3.63) is 53.2 Å². The van der Waals surface area contributed by atoms with Crippen LogP contribution in [0.4, 0.5) is 0 Å². The molecule has 6 heteroatoms. The summed E-state index contributed by atoms with van der Waals surface area (Å²) < 4.78 is 7.35. The van der Waals surface area contributed by atoms with Crippen molar-refractivity contribution in [2.45, 2.75) is 65.5 Å². The van der Waals surface area contributed by atoms with E-state index in [1.807, 2.05) is 48.9 Å². The smallest absolute Gasteiger partial charge is 0.268 e. The van der Waals surface area contributed by atoms with Gasteiger partial charge in [0, 0.05) is 49.1 Å². The monoisotopic (exact) mass is 473 g/mol. The van der Waals surface area contributed by atoms with Crippen LogP contribution in [0.3, 0.4) is 0 Å². The largest absolute Gasteiger partial charge is 0.496 e. The number of hydrogen-bond donors (Lipinski definition) is 1. The molecule has 0 saturated carbocycles. The standard InChI is InChI=1S/C19H27N3O2.C8H13Cl/c1-13(2)22-10-8-14(9-11-22)20-19(23)17-12-15-16(21(17)3)6-5-7-18(15)24-4;1-3-5-6-7-8(9)4-2/h5-7,12-14H,8-11H2,1-4H3,(H,20,23);4-6H,3,7H2,1-2H3/b;6-5-,8-4+. The van der Waals surface area contributed by atoms with Crippen LogP contribution in [0, 0.1) is 0 Å². The van der Waals surface area contributed by atoms with Gasteiger partial charge in [0.1, 0.15) is 11.4 Å². The van der Waals surface area contributed by atoms with Gasteiger partial charge < -0.3 is 19.5 Å². The van der Waals surface area contributed by atoms with E-state index < -0.39 is 0 Å². The molecule has 182 valence electrons. The highest BCUT2D eigenvalue weighted by Gasteiger charge is 2.24. The SMILES string of the molecule is C/C=C(/Cl)C/C=C\CC.COc1cccc2c1cc(C(=O)NC1CCN(C(C)C)CC1)n2C. The number of allylic oxidation sites excluding steroid dienone is 4. The molecule has 1 aliphatic heterocycles. The van der Waals surface area contributed by atoms with Gasteiger partial charge in [-0.2, -0.15) is 0 Å². The van der Waals surface area contributed by atoms with E-state index in [1.165, 1.54) is 0 Å². The Hall–Kier alpha value is -2.24. The van der Waals surface area contributed by atoms with Crippen LogP contribution in [-0.4, -0.2) is 47.7 Å². The highest BCUT2D eigenvalue weighted by molar-refractivity contribution is 6.29. The van der Waals surface area contributed by atoms with Crippen LogP contribution in [0.2, 0.25) is 0 Å². The first-order valence-electron chi connectivity index (χ1n) is 11.9. The van der Waals surface area contributed by atoms with Gasteiger partial charge >= 0.3 is 0 Å². The molecule has 0 radical (unpaired) electrons. The minimum atomic E-state index is -0.00116. The molecule has 1 aliphatic rings. The normalized spacial score (nSPS) is 15.7. The Balaban J connectivity index is 0.000000365. The number of fused-ring (bicyclic) bond motifs is 1. The van der Waals surface area contributed by atoms with Crippen LogP contribution >= 0.6 is 11.6 Å². The molecule has 0 aliphatic carbocycles. The quantitative estimate of drug-likeness (QED) is 0.481. The van der Waals surface area contributed by atoms with Gasteiger partial charge in [0.05, 0.1) is 12.6 Å². The molecule has 1 aromatic carbocycles. The summed E-state index contributed by atoms with van der Waals surface area (Å²) in [5, 5.41) is 5.10. The van der Waals surface area contributed by atoms with E-state index in [0.29, 0.717) is 11.7 Å². The van der Waals surface area contributed by atoms with Crippen molar-refractivity contribution in [2.24, 2.45) is 7.05 Å². The molecule has 5 nitrogen and oxygen atoms in total. The van der Waals surface area contributed by atoms with Crippen LogP contribution in [0.1, 0.15) is 63.9 Å². The number of nitrogens with one attached hydrogen (secondary N) is 1. The van der Waals surface area contributed by atoms with Gasteiger partial charge in [0.15, 0.2) is 0 Å². The van der Waals surface area contributed by atoms with E-state index in [0.717, 1.165) is 60.5 Å². The lowest BCUT2D eigenvalue weighted by molar-refractivity contribution is 0.0893. The number of aromatic nitrogens is 1. The lowest BCUT2D eigenvalue weighted by atomic mass is 10.0. The lowest BCUT2D eigenvalue weighted by Gasteiger charge is -2.34. The topological polar surface area (TPSA) is 46.5 Å². The van der Waals surface area contributed by atoms with Crippen LogP contribution < -0.4 is 10.1 Å². The van der Waals surface area contributed by atoms with E-state index in [2.05, 4.69) is 43.1 Å². The number of piperidine rings is 1. The molecule has 33 heavy (non-hydrogen) atoms. The Labute approximate surface area is 204 Å². The van der Waals surface area contributed by atoms with Gasteiger partial charge in [-0.15, -0.1) is 0 Å². The molecule has 1 saturated heterocycles. The number of halogens is 1. The molecule has 2 aromatic rings. The number of carbonyl (C=O) groups excluding carboxylic acids is 1. The summed E-state index contributed by atoms with van der Waals surface area (Å²) >= 11 is 5.71. The van der Waals surface area contributed by atoms with Crippen molar-refractivity contribution in [3.63, 3.8) is 0 Å². The number of carbonyl (C=O) groups is 1. The van der Waals surface area contributed by atoms with E-state index in [1.54, 1.807) is 7.11 Å². The average Bonchev–Trinajstić information content (AvgIpc) is 3.16. The van der Waals surface area contributed by atoms with Gasteiger partial charge in [-0.25, -0.2) is 0 Å². The Kier molecular flexibility index (Phi) is 11.0. The summed E-state index contributed by atoms with van der Waals surface area (Å²) in [4.78, 5) is 15.2. The van der Waals surface area contributed by atoms with Crippen LogP contribution in [-0.2, 0) is 7.05 Å². The molecule has 0 bridgehead atoms. The maximum absolute atomic E-state index is 12.7. The first-order valence-corrected chi connectivity index (χ1v) is 12.3. The Bertz CT molecular complexity index is 954. The van der Waals surface area contributed by atoms with Crippen molar-refractivity contribution >= 4 is 28.4 Å². The average molecular weight is 474 g/mol. The Morgan fingerprint density at radius 3 is 2.55 bits per heavy atom. The van der Waals surface area contributed by atoms with E-state index in [4.69, 9.17) is 16.3 Å². The molecule has 1 fully saturated rings. The Morgan fingerprint density at radius 1 is 1.27 bits per heavy atom. The molecular formula is C27H40ClN3O2. The summed E-state index contributed by atoms with van der Waals surface area (Å²) in [6.45, 7) is 10.6. The summed E-state index contributed by atoms with van der Waals surface area (Å²) in [6, 6.07) is 8.64. The fourth-order valence-electron chi connectivity index (χ4n) is 4.03. The summed E-state index contributed by atoms with van der Waals surface area (Å²) in [6.07, 6.45) is 10.1. The summed E-state index contributed by atoms with van der Waals surface area (Å²) in [5.74, 6) is 0.797. The fraction of sp³-hybridized carbons (Fsp3) is 0.519. The number of aryl methyl sites for hydroxylation is 1. The van der Waals surface area contributed by atoms with E-state index in [-0.39, 0.29) is 11.9 Å². The third-order valence-electron chi connectivity index (χ3n) is 6.12. The second kappa shape index (κ2) is 13.5. The minimum absolute atomic E-state index is 0.00116. The Morgan fingerprint density at radius 2 is 1.97 bits per heavy atom. The zero-order chi connectivity index (χ0) is 24.4. The third kappa shape index (κ3) is 7.65. The van der Waals surface area contributed by atoms with Crippen molar-refractivity contribution in [3.8, 4) is 5.75 Å². The number of methoxy groups -OCH3 is 1. The maximum Gasteiger partial charge on any atom is 0.268 e. The molecular weight excluding hydrogens is 434 g/mol. The number of likely N-dealkylation sites (tertiary alicyclic amines) is 1. The van der Waals surface area contributed by atoms with Crippen LogP contribution in [0.15, 0.2) is 47.5 Å². The van der Waals surface area contributed by atoms with Crippen molar-refractivity contribution in [1.82, 2.24) is 14.8 Å². The van der Waals surface area contributed by atoms with E-state index >= 15 is 0 Å². The molecule has 1 amide bonds. The van der Waals surface area contributed by atoms with Crippen molar-refractivity contribution in [1.29, 1.82) is 0 Å². The van der Waals surface area contributed by atoms with E-state index in [9.17, 15) is 4.79 Å². The third-order valence-corrected chi connectivity index (χ3v) is 6.50.